The summed E-state index contributed by atoms with van der Waals surface area (Å²) in [5.41, 5.74) is 0.296. The highest BCUT2D eigenvalue weighted by molar-refractivity contribution is 5.69. The molecule has 3 rings (SSSR count). The zero-order chi connectivity index (χ0) is 14.3. The number of hydrogen-bond donors (Lipinski definition) is 0. The monoisotopic (exact) mass is 279 g/mol. The third-order valence-corrected chi connectivity index (χ3v) is 2.98. The Balaban J connectivity index is 2.00. The fourth-order valence-electron chi connectivity index (χ4n) is 1.88. The third-order valence-electron chi connectivity index (χ3n) is 2.98. The maximum atomic E-state index is 13.2. The first-order valence-corrected chi connectivity index (χ1v) is 6.19. The van der Waals surface area contributed by atoms with E-state index in [0.29, 0.717) is 11.3 Å². The Kier molecular flexibility index (Phi) is 3.00. The Labute approximate surface area is 113 Å². The quantitative estimate of drug-likeness (QED) is 0.808. The van der Waals surface area contributed by atoms with E-state index in [0.717, 1.165) is 25.0 Å². The predicted molar refractivity (Wildman–Crippen MR) is 65.1 cm³/mol. The van der Waals surface area contributed by atoms with Crippen molar-refractivity contribution < 1.29 is 22.7 Å². The van der Waals surface area contributed by atoms with Crippen LogP contribution in [0.3, 0.4) is 0 Å². The van der Waals surface area contributed by atoms with Crippen molar-refractivity contribution in [2.75, 3.05) is 0 Å². The van der Waals surface area contributed by atoms with E-state index in [1.165, 1.54) is 13.0 Å². The smallest absolute Gasteiger partial charge is 0.309 e. The highest BCUT2D eigenvalue weighted by atomic mass is 19.2. The topological polar surface area (TPSA) is 52.3 Å². The van der Waals surface area contributed by atoms with Gasteiger partial charge in [0.1, 0.15) is 0 Å². The van der Waals surface area contributed by atoms with E-state index in [-0.39, 0.29) is 17.7 Å². The number of carbonyl (C=O) groups excluding carboxylic acids is 1. The molecule has 1 aromatic carbocycles. The molecule has 1 aromatic heterocycles. The molecule has 1 fully saturated rings. The number of benzene rings is 1. The van der Waals surface area contributed by atoms with Crippen LogP contribution in [0.1, 0.15) is 31.4 Å². The average Bonchev–Trinajstić information content (AvgIpc) is 3.14. The van der Waals surface area contributed by atoms with Gasteiger partial charge in [-0.15, -0.1) is 0 Å². The van der Waals surface area contributed by atoms with Crippen LogP contribution in [-0.2, 0) is 4.79 Å². The van der Waals surface area contributed by atoms with Crippen LogP contribution in [0.2, 0.25) is 0 Å². The van der Waals surface area contributed by atoms with E-state index in [1.54, 1.807) is 0 Å². The lowest BCUT2D eigenvalue weighted by molar-refractivity contribution is -0.132. The van der Waals surface area contributed by atoms with Crippen LogP contribution in [0.15, 0.2) is 22.6 Å². The van der Waals surface area contributed by atoms with Gasteiger partial charge in [-0.05, 0) is 31.0 Å². The first-order valence-electron chi connectivity index (χ1n) is 6.19. The zero-order valence-electron chi connectivity index (χ0n) is 10.7. The maximum absolute atomic E-state index is 13.2. The molecule has 20 heavy (non-hydrogen) atoms. The molecular formula is C14H11F2NO3. The van der Waals surface area contributed by atoms with Gasteiger partial charge in [-0.25, -0.2) is 8.78 Å². The molecule has 2 aromatic rings. The highest BCUT2D eigenvalue weighted by Gasteiger charge is 2.33. The molecule has 0 unspecified atom stereocenters. The SMILES string of the molecule is CC(=O)Oc1nc(-c2ccc(F)c(F)c2)oc1C1CC1. The normalized spacial score (nSPS) is 14.3. The molecule has 1 aliphatic carbocycles. The summed E-state index contributed by atoms with van der Waals surface area (Å²) in [7, 11) is 0. The van der Waals surface area contributed by atoms with E-state index >= 15 is 0 Å². The summed E-state index contributed by atoms with van der Waals surface area (Å²) in [5.74, 6) is -1.54. The lowest BCUT2D eigenvalue weighted by Gasteiger charge is -1.96. The second-order valence-corrected chi connectivity index (χ2v) is 4.69. The molecule has 0 N–H and O–H groups in total. The number of rotatable bonds is 3. The summed E-state index contributed by atoms with van der Waals surface area (Å²) in [4.78, 5) is 15.1. The van der Waals surface area contributed by atoms with Gasteiger partial charge < -0.3 is 9.15 Å². The van der Waals surface area contributed by atoms with Gasteiger partial charge in [0.05, 0.1) is 0 Å². The van der Waals surface area contributed by atoms with Crippen molar-refractivity contribution in [1.29, 1.82) is 0 Å². The summed E-state index contributed by atoms with van der Waals surface area (Å²) in [6.07, 6.45) is 1.86. The number of ether oxygens (including phenoxy) is 1. The van der Waals surface area contributed by atoms with Crippen molar-refractivity contribution in [1.82, 2.24) is 4.98 Å². The molecule has 1 heterocycles. The van der Waals surface area contributed by atoms with Gasteiger partial charge in [0.25, 0.3) is 5.88 Å². The lowest BCUT2D eigenvalue weighted by atomic mass is 10.2. The number of aromatic nitrogens is 1. The largest absolute Gasteiger partial charge is 0.437 e. The molecule has 0 saturated heterocycles. The van der Waals surface area contributed by atoms with Crippen LogP contribution < -0.4 is 4.74 Å². The molecule has 0 bridgehead atoms. The minimum Gasteiger partial charge on any atom is -0.437 e. The third kappa shape index (κ3) is 2.41. The van der Waals surface area contributed by atoms with E-state index < -0.39 is 17.6 Å². The van der Waals surface area contributed by atoms with Crippen LogP contribution in [0, 0.1) is 11.6 Å². The molecule has 0 radical (unpaired) electrons. The molecule has 1 aliphatic rings. The van der Waals surface area contributed by atoms with Crippen molar-refractivity contribution in [3.05, 3.63) is 35.6 Å². The average molecular weight is 279 g/mol. The predicted octanol–water partition coefficient (Wildman–Crippen LogP) is 3.42. The fourth-order valence-corrected chi connectivity index (χ4v) is 1.88. The van der Waals surface area contributed by atoms with Crippen LogP contribution in [-0.4, -0.2) is 11.0 Å². The van der Waals surface area contributed by atoms with Crippen molar-refractivity contribution in [2.24, 2.45) is 0 Å². The first-order chi connectivity index (χ1) is 9.54. The van der Waals surface area contributed by atoms with Crippen molar-refractivity contribution in [2.45, 2.75) is 25.7 Å². The van der Waals surface area contributed by atoms with Gasteiger partial charge >= 0.3 is 5.97 Å². The second-order valence-electron chi connectivity index (χ2n) is 4.69. The Morgan fingerprint density at radius 3 is 2.70 bits per heavy atom. The summed E-state index contributed by atoms with van der Waals surface area (Å²) < 4.78 is 36.7. The van der Waals surface area contributed by atoms with E-state index in [2.05, 4.69) is 4.98 Å². The molecule has 6 heteroatoms. The molecule has 0 amide bonds. The molecule has 0 atom stereocenters. The Bertz CT molecular complexity index is 677. The van der Waals surface area contributed by atoms with Gasteiger partial charge in [0.2, 0.25) is 5.89 Å². The molecular weight excluding hydrogens is 268 g/mol. The molecule has 4 nitrogen and oxygen atoms in total. The maximum Gasteiger partial charge on any atom is 0.309 e. The summed E-state index contributed by atoms with van der Waals surface area (Å²) in [5, 5.41) is 0. The van der Waals surface area contributed by atoms with E-state index in [1.807, 2.05) is 0 Å². The number of esters is 1. The number of halogens is 2. The number of hydrogen-bond acceptors (Lipinski definition) is 4. The summed E-state index contributed by atoms with van der Waals surface area (Å²) in [6, 6.07) is 3.35. The van der Waals surface area contributed by atoms with E-state index in [4.69, 9.17) is 9.15 Å². The van der Waals surface area contributed by atoms with E-state index in [9.17, 15) is 13.6 Å². The summed E-state index contributed by atoms with van der Waals surface area (Å²) >= 11 is 0. The lowest BCUT2D eigenvalue weighted by Crippen LogP contribution is -2.03. The molecule has 1 saturated carbocycles. The van der Waals surface area contributed by atoms with Gasteiger partial charge in [0, 0.05) is 18.4 Å². The molecule has 104 valence electrons. The van der Waals surface area contributed by atoms with Crippen molar-refractivity contribution in [3.63, 3.8) is 0 Å². The number of oxazole rings is 1. The Hall–Kier alpha value is -2.24. The Morgan fingerprint density at radius 1 is 1.35 bits per heavy atom. The minimum atomic E-state index is -0.984. The molecule has 0 spiro atoms. The van der Waals surface area contributed by atoms with Gasteiger partial charge in [-0.2, -0.15) is 4.98 Å². The number of carbonyl (C=O) groups is 1. The first kappa shape index (κ1) is 12.8. The summed E-state index contributed by atoms with van der Waals surface area (Å²) in [6.45, 7) is 1.27. The van der Waals surface area contributed by atoms with Crippen LogP contribution in [0.5, 0.6) is 5.88 Å². The van der Waals surface area contributed by atoms with Crippen LogP contribution in [0.25, 0.3) is 11.5 Å². The van der Waals surface area contributed by atoms with Gasteiger partial charge in [0.15, 0.2) is 17.4 Å². The highest BCUT2D eigenvalue weighted by Crippen LogP contribution is 2.45. The van der Waals surface area contributed by atoms with Crippen molar-refractivity contribution >= 4 is 5.97 Å². The van der Waals surface area contributed by atoms with Crippen LogP contribution in [0.4, 0.5) is 8.78 Å². The van der Waals surface area contributed by atoms with Crippen molar-refractivity contribution in [3.8, 4) is 17.3 Å². The zero-order valence-corrected chi connectivity index (χ0v) is 10.7. The Morgan fingerprint density at radius 2 is 2.10 bits per heavy atom. The standard InChI is InChI=1S/C14H11F2NO3/c1-7(18)19-14-12(8-2-3-8)20-13(17-14)9-4-5-10(15)11(16)6-9/h4-6,8H,2-3H2,1H3. The van der Waals surface area contributed by atoms with Crippen LogP contribution >= 0.6 is 0 Å². The number of nitrogens with zero attached hydrogens (tertiary/aromatic N) is 1. The van der Waals surface area contributed by atoms with Gasteiger partial charge in [-0.1, -0.05) is 0 Å². The van der Waals surface area contributed by atoms with Gasteiger partial charge in [-0.3, -0.25) is 4.79 Å². The molecule has 0 aliphatic heterocycles. The fraction of sp³-hybridized carbons (Fsp3) is 0.286. The second kappa shape index (κ2) is 4.70. The minimum absolute atomic E-state index is 0.111.